The molecule has 20 heavy (non-hydrogen) atoms. The van der Waals surface area contributed by atoms with Gasteiger partial charge in [-0.05, 0) is 23.8 Å². The summed E-state index contributed by atoms with van der Waals surface area (Å²) < 4.78 is 4.98. The maximum absolute atomic E-state index is 10.8. The topological polar surface area (TPSA) is 71.5 Å². The van der Waals surface area contributed by atoms with Crippen LogP contribution in [-0.2, 0) is 6.54 Å². The SMILES string of the molecule is COc1ccc(CNc2ccc(C(=O)O)c(Cl)c2)cn1. The van der Waals surface area contributed by atoms with Gasteiger partial charge in [-0.2, -0.15) is 0 Å². The molecular formula is C14H13ClN2O3. The molecule has 0 saturated heterocycles. The van der Waals surface area contributed by atoms with Crippen molar-refractivity contribution < 1.29 is 14.6 Å². The molecule has 2 N–H and O–H groups in total. The van der Waals surface area contributed by atoms with E-state index in [2.05, 4.69) is 10.3 Å². The summed E-state index contributed by atoms with van der Waals surface area (Å²) in [6, 6.07) is 8.40. The minimum absolute atomic E-state index is 0.0864. The van der Waals surface area contributed by atoms with Gasteiger partial charge in [0.05, 0.1) is 17.7 Å². The minimum Gasteiger partial charge on any atom is -0.481 e. The Morgan fingerprint density at radius 2 is 2.20 bits per heavy atom. The number of carboxylic acid groups (broad SMARTS) is 1. The molecule has 1 aromatic carbocycles. The van der Waals surface area contributed by atoms with Crippen LogP contribution in [0.4, 0.5) is 5.69 Å². The highest BCUT2D eigenvalue weighted by atomic mass is 35.5. The summed E-state index contributed by atoms with van der Waals surface area (Å²) in [4.78, 5) is 14.9. The molecule has 0 unspecified atom stereocenters. The molecule has 0 aliphatic carbocycles. The van der Waals surface area contributed by atoms with Gasteiger partial charge in [-0.15, -0.1) is 0 Å². The number of rotatable bonds is 5. The Kier molecular flexibility index (Phi) is 4.42. The van der Waals surface area contributed by atoms with E-state index in [0.717, 1.165) is 11.3 Å². The largest absolute Gasteiger partial charge is 0.481 e. The molecular weight excluding hydrogens is 280 g/mol. The minimum atomic E-state index is -1.04. The van der Waals surface area contributed by atoms with E-state index < -0.39 is 5.97 Å². The lowest BCUT2D eigenvalue weighted by molar-refractivity contribution is 0.0697. The molecule has 0 aliphatic heterocycles. The van der Waals surface area contributed by atoms with Gasteiger partial charge in [0.25, 0.3) is 0 Å². The molecule has 1 heterocycles. The first-order valence-electron chi connectivity index (χ1n) is 5.86. The van der Waals surface area contributed by atoms with E-state index in [4.69, 9.17) is 21.4 Å². The van der Waals surface area contributed by atoms with Crippen molar-refractivity contribution in [3.8, 4) is 5.88 Å². The summed E-state index contributed by atoms with van der Waals surface area (Å²) in [6.07, 6.45) is 1.71. The molecule has 0 bridgehead atoms. The Hall–Kier alpha value is -2.27. The van der Waals surface area contributed by atoms with Gasteiger partial charge in [0, 0.05) is 24.5 Å². The van der Waals surface area contributed by atoms with Crippen molar-refractivity contribution in [3.63, 3.8) is 0 Å². The maximum atomic E-state index is 10.8. The monoisotopic (exact) mass is 292 g/mol. The highest BCUT2D eigenvalue weighted by Gasteiger charge is 2.08. The number of aromatic nitrogens is 1. The molecule has 104 valence electrons. The molecule has 0 saturated carbocycles. The normalized spacial score (nSPS) is 10.1. The Balaban J connectivity index is 2.03. The number of ether oxygens (including phenoxy) is 1. The van der Waals surface area contributed by atoms with Crippen molar-refractivity contribution in [2.75, 3.05) is 12.4 Å². The zero-order valence-corrected chi connectivity index (χ0v) is 11.5. The molecule has 2 rings (SSSR count). The van der Waals surface area contributed by atoms with Crippen molar-refractivity contribution in [1.29, 1.82) is 0 Å². The van der Waals surface area contributed by atoms with E-state index in [1.54, 1.807) is 31.5 Å². The van der Waals surface area contributed by atoms with Crippen LogP contribution in [0.2, 0.25) is 5.02 Å². The van der Waals surface area contributed by atoms with Gasteiger partial charge < -0.3 is 15.2 Å². The fourth-order valence-corrected chi connectivity index (χ4v) is 1.90. The van der Waals surface area contributed by atoms with E-state index in [-0.39, 0.29) is 10.6 Å². The molecule has 1 aromatic heterocycles. The summed E-state index contributed by atoms with van der Waals surface area (Å²) in [5, 5.41) is 12.2. The Labute approximate surface area is 121 Å². The fourth-order valence-electron chi connectivity index (χ4n) is 1.64. The van der Waals surface area contributed by atoms with Crippen LogP contribution in [0.1, 0.15) is 15.9 Å². The molecule has 0 fully saturated rings. The third-order valence-corrected chi connectivity index (χ3v) is 3.02. The number of nitrogens with zero attached hydrogens (tertiary/aromatic N) is 1. The third kappa shape index (κ3) is 3.39. The van der Waals surface area contributed by atoms with Gasteiger partial charge in [-0.25, -0.2) is 9.78 Å². The predicted octanol–water partition coefficient (Wildman–Crippen LogP) is 3.05. The van der Waals surface area contributed by atoms with Gasteiger partial charge in [-0.1, -0.05) is 17.7 Å². The number of anilines is 1. The lowest BCUT2D eigenvalue weighted by Crippen LogP contribution is -2.02. The van der Waals surface area contributed by atoms with Crippen LogP contribution in [0.15, 0.2) is 36.5 Å². The van der Waals surface area contributed by atoms with E-state index in [1.807, 2.05) is 6.07 Å². The van der Waals surface area contributed by atoms with E-state index in [0.29, 0.717) is 12.4 Å². The molecule has 0 radical (unpaired) electrons. The van der Waals surface area contributed by atoms with Crippen LogP contribution >= 0.6 is 11.6 Å². The Morgan fingerprint density at radius 3 is 2.75 bits per heavy atom. The smallest absolute Gasteiger partial charge is 0.337 e. The molecule has 0 atom stereocenters. The summed E-state index contributed by atoms with van der Waals surface area (Å²) in [5.74, 6) is -0.483. The number of carbonyl (C=O) groups is 1. The van der Waals surface area contributed by atoms with Gasteiger partial charge in [0.15, 0.2) is 0 Å². The lowest BCUT2D eigenvalue weighted by atomic mass is 10.2. The number of hydrogen-bond donors (Lipinski definition) is 2. The standard InChI is InChI=1S/C14H13ClN2O3/c1-20-13-5-2-9(8-17-13)7-16-10-3-4-11(14(18)19)12(15)6-10/h2-6,8,16H,7H2,1H3,(H,18,19). The number of benzene rings is 1. The zero-order valence-electron chi connectivity index (χ0n) is 10.8. The lowest BCUT2D eigenvalue weighted by Gasteiger charge is -2.08. The quantitative estimate of drug-likeness (QED) is 0.886. The number of halogens is 1. The van der Waals surface area contributed by atoms with Crippen LogP contribution in [0, 0.1) is 0 Å². The Morgan fingerprint density at radius 1 is 1.40 bits per heavy atom. The molecule has 0 aliphatic rings. The second-order valence-corrected chi connectivity index (χ2v) is 4.47. The second kappa shape index (κ2) is 6.25. The maximum Gasteiger partial charge on any atom is 0.337 e. The third-order valence-electron chi connectivity index (χ3n) is 2.70. The molecule has 0 spiro atoms. The van der Waals surface area contributed by atoms with Gasteiger partial charge >= 0.3 is 5.97 Å². The van der Waals surface area contributed by atoms with E-state index in [1.165, 1.54) is 6.07 Å². The second-order valence-electron chi connectivity index (χ2n) is 4.06. The first kappa shape index (κ1) is 14.1. The van der Waals surface area contributed by atoms with Gasteiger partial charge in [0.2, 0.25) is 5.88 Å². The Bertz CT molecular complexity index is 614. The van der Waals surface area contributed by atoms with Crippen LogP contribution in [0.25, 0.3) is 0 Å². The molecule has 2 aromatic rings. The number of pyridine rings is 1. The van der Waals surface area contributed by atoms with E-state index >= 15 is 0 Å². The van der Waals surface area contributed by atoms with Crippen LogP contribution in [0.5, 0.6) is 5.88 Å². The first-order chi connectivity index (χ1) is 9.60. The van der Waals surface area contributed by atoms with E-state index in [9.17, 15) is 4.79 Å². The van der Waals surface area contributed by atoms with Crippen LogP contribution in [0.3, 0.4) is 0 Å². The first-order valence-corrected chi connectivity index (χ1v) is 6.23. The van der Waals surface area contributed by atoms with Gasteiger partial charge in [-0.3, -0.25) is 0 Å². The zero-order chi connectivity index (χ0) is 14.5. The van der Waals surface area contributed by atoms with Crippen LogP contribution < -0.4 is 10.1 Å². The summed E-state index contributed by atoms with van der Waals surface area (Å²) in [7, 11) is 1.56. The summed E-state index contributed by atoms with van der Waals surface area (Å²) >= 11 is 5.90. The number of aromatic carboxylic acids is 1. The average molecular weight is 293 g/mol. The molecule has 5 nitrogen and oxygen atoms in total. The highest BCUT2D eigenvalue weighted by Crippen LogP contribution is 2.21. The van der Waals surface area contributed by atoms with Crippen molar-refractivity contribution in [2.45, 2.75) is 6.54 Å². The van der Waals surface area contributed by atoms with Crippen molar-refractivity contribution in [1.82, 2.24) is 4.98 Å². The van der Waals surface area contributed by atoms with Crippen molar-refractivity contribution in [3.05, 3.63) is 52.7 Å². The van der Waals surface area contributed by atoms with Gasteiger partial charge in [0.1, 0.15) is 0 Å². The number of carboxylic acids is 1. The molecule has 0 amide bonds. The highest BCUT2D eigenvalue weighted by molar-refractivity contribution is 6.33. The van der Waals surface area contributed by atoms with Crippen LogP contribution in [-0.4, -0.2) is 23.2 Å². The number of nitrogens with one attached hydrogen (secondary N) is 1. The predicted molar refractivity (Wildman–Crippen MR) is 76.5 cm³/mol. The molecule has 6 heteroatoms. The van der Waals surface area contributed by atoms with Crippen molar-refractivity contribution in [2.24, 2.45) is 0 Å². The van der Waals surface area contributed by atoms with Crippen molar-refractivity contribution >= 4 is 23.3 Å². The number of hydrogen-bond acceptors (Lipinski definition) is 4. The summed E-state index contributed by atoms with van der Waals surface area (Å²) in [5.41, 5.74) is 1.81. The fraction of sp³-hybridized carbons (Fsp3) is 0.143. The number of methoxy groups -OCH3 is 1. The summed E-state index contributed by atoms with van der Waals surface area (Å²) in [6.45, 7) is 0.555. The average Bonchev–Trinajstić information content (AvgIpc) is 2.45.